The summed E-state index contributed by atoms with van der Waals surface area (Å²) in [7, 11) is 0. The molecule has 0 bridgehead atoms. The Morgan fingerprint density at radius 3 is 3.04 bits per heavy atom. The molecule has 0 saturated heterocycles. The molecular weight excluding hydrogens is 319 g/mol. The van der Waals surface area contributed by atoms with Gasteiger partial charge in [-0.1, -0.05) is 11.8 Å². The maximum atomic E-state index is 14.3. The highest BCUT2D eigenvalue weighted by atomic mass is 32.2. The van der Waals surface area contributed by atoms with Gasteiger partial charge in [0.2, 0.25) is 0 Å². The van der Waals surface area contributed by atoms with Crippen molar-refractivity contribution in [3.8, 4) is 0 Å². The van der Waals surface area contributed by atoms with E-state index in [1.807, 2.05) is 6.92 Å². The second-order valence-electron chi connectivity index (χ2n) is 5.34. The van der Waals surface area contributed by atoms with Crippen LogP contribution in [0.5, 0.6) is 0 Å². The minimum atomic E-state index is -0.742. The van der Waals surface area contributed by atoms with Crippen LogP contribution >= 0.6 is 11.8 Å². The van der Waals surface area contributed by atoms with E-state index in [1.54, 1.807) is 6.07 Å². The van der Waals surface area contributed by atoms with Crippen LogP contribution in [0.1, 0.15) is 29.4 Å². The van der Waals surface area contributed by atoms with E-state index < -0.39 is 11.4 Å². The van der Waals surface area contributed by atoms with Crippen molar-refractivity contribution in [3.05, 3.63) is 47.9 Å². The number of carbonyl (C=O) groups is 1. The Bertz CT molecular complexity index is 763. The molecule has 120 valence electrons. The minimum Gasteiger partial charge on any atom is -0.451 e. The van der Waals surface area contributed by atoms with Crippen molar-refractivity contribution in [3.63, 3.8) is 0 Å². The average Bonchev–Trinajstić information content (AvgIpc) is 3.03. The Hall–Kier alpha value is -2.35. The number of hydrogen-bond donors (Lipinski definition) is 2. The van der Waals surface area contributed by atoms with Gasteiger partial charge in [0.15, 0.2) is 17.3 Å². The average molecular weight is 334 g/mol. The Morgan fingerprint density at radius 1 is 1.52 bits per heavy atom. The third-order valence-electron chi connectivity index (χ3n) is 3.67. The number of thioether (sulfide) groups is 1. The minimum absolute atomic E-state index is 0.151. The topological polar surface area (TPSA) is 93.5 Å². The largest absolute Gasteiger partial charge is 0.451 e. The van der Waals surface area contributed by atoms with Gasteiger partial charge in [-0.3, -0.25) is 9.79 Å². The molecule has 23 heavy (non-hydrogen) atoms. The number of anilines is 1. The molecule has 1 unspecified atom stereocenters. The molecule has 0 saturated carbocycles. The molecule has 0 spiro atoms. The fourth-order valence-corrected chi connectivity index (χ4v) is 3.39. The molecule has 1 aromatic heterocycles. The summed E-state index contributed by atoms with van der Waals surface area (Å²) in [5.74, 6) is -0.0417. The summed E-state index contributed by atoms with van der Waals surface area (Å²) in [6, 6.07) is 4.39. The van der Waals surface area contributed by atoms with E-state index in [2.05, 4.69) is 15.3 Å². The summed E-state index contributed by atoms with van der Waals surface area (Å²) < 4.78 is 19.1. The summed E-state index contributed by atoms with van der Waals surface area (Å²) in [5.41, 5.74) is 6.05. The fourth-order valence-electron chi connectivity index (χ4n) is 2.42. The summed E-state index contributed by atoms with van der Waals surface area (Å²) in [6.45, 7) is 1.83. The van der Waals surface area contributed by atoms with Gasteiger partial charge in [0.25, 0.3) is 5.91 Å². The van der Waals surface area contributed by atoms with Gasteiger partial charge in [0, 0.05) is 17.0 Å². The molecule has 1 atom stereocenters. The third-order valence-corrected chi connectivity index (χ3v) is 4.46. The first kappa shape index (κ1) is 15.5. The Balaban J connectivity index is 1.90. The quantitative estimate of drug-likeness (QED) is 0.900. The van der Waals surface area contributed by atoms with E-state index >= 15 is 0 Å². The van der Waals surface area contributed by atoms with Gasteiger partial charge in [-0.05, 0) is 31.5 Å². The number of rotatable bonds is 3. The highest BCUT2D eigenvalue weighted by Gasteiger charge is 2.32. The number of amides is 1. The molecule has 3 N–H and O–H groups in total. The molecule has 1 aliphatic rings. The molecule has 8 heteroatoms. The summed E-state index contributed by atoms with van der Waals surface area (Å²) in [5, 5.41) is 3.11. The number of nitrogens with two attached hydrogens (primary N) is 1. The fraction of sp³-hybridized carbons (Fsp3) is 0.267. The number of nitrogens with zero attached hydrogens (tertiary/aromatic N) is 2. The summed E-state index contributed by atoms with van der Waals surface area (Å²) in [4.78, 5) is 20.2. The molecule has 1 aliphatic heterocycles. The lowest BCUT2D eigenvalue weighted by Gasteiger charge is -2.30. The van der Waals surface area contributed by atoms with Crippen LogP contribution in [-0.2, 0) is 5.54 Å². The maximum absolute atomic E-state index is 14.3. The number of amidine groups is 1. The smallest absolute Gasteiger partial charge is 0.277 e. The molecule has 0 radical (unpaired) electrons. The zero-order valence-electron chi connectivity index (χ0n) is 12.4. The lowest BCUT2D eigenvalue weighted by molar-refractivity contribution is 0.102. The predicted molar refractivity (Wildman–Crippen MR) is 86.9 cm³/mol. The van der Waals surface area contributed by atoms with Gasteiger partial charge in [-0.2, -0.15) is 0 Å². The molecule has 6 nitrogen and oxygen atoms in total. The second-order valence-corrected chi connectivity index (χ2v) is 6.46. The molecule has 2 aromatic rings. The lowest BCUT2D eigenvalue weighted by atomic mass is 9.89. The number of nitrogens with one attached hydrogen (secondary N) is 1. The second kappa shape index (κ2) is 6.04. The predicted octanol–water partition coefficient (Wildman–Crippen LogP) is 2.73. The number of aliphatic imine (C=N–C) groups is 1. The van der Waals surface area contributed by atoms with E-state index in [0.717, 1.165) is 5.75 Å². The molecule has 1 amide bonds. The zero-order chi connectivity index (χ0) is 16.4. The van der Waals surface area contributed by atoms with Crippen molar-refractivity contribution >= 4 is 28.5 Å². The molecule has 0 aliphatic carbocycles. The van der Waals surface area contributed by atoms with Crippen LogP contribution in [-0.4, -0.2) is 21.8 Å². The maximum Gasteiger partial charge on any atom is 0.277 e. The molecule has 3 rings (SSSR count). The van der Waals surface area contributed by atoms with Crippen molar-refractivity contribution in [2.75, 3.05) is 11.1 Å². The van der Waals surface area contributed by atoms with Crippen molar-refractivity contribution in [2.45, 2.75) is 18.9 Å². The normalized spacial score (nSPS) is 20.9. The van der Waals surface area contributed by atoms with Gasteiger partial charge in [-0.25, -0.2) is 9.37 Å². The van der Waals surface area contributed by atoms with Crippen LogP contribution in [0.25, 0.3) is 0 Å². The van der Waals surface area contributed by atoms with E-state index in [9.17, 15) is 9.18 Å². The standard InChI is InChI=1S/C15H15FN4O2S/c1-15(4-5-23-14(17)20-15)10-6-9(2-3-11(10)16)19-13(21)12-7-22-8-18-12/h2-3,6-8H,4-5H2,1H3,(H2,17,20)(H,19,21). The SMILES string of the molecule is CC1(c2cc(NC(=O)c3cocn3)ccc2F)CCSC(N)=N1. The van der Waals surface area contributed by atoms with Crippen LogP contribution in [0.3, 0.4) is 0 Å². The summed E-state index contributed by atoms with van der Waals surface area (Å²) in [6.07, 6.45) is 3.07. The first-order chi connectivity index (χ1) is 11.0. The molecule has 0 fully saturated rings. The van der Waals surface area contributed by atoms with Crippen molar-refractivity contribution < 1.29 is 13.6 Å². The number of benzene rings is 1. The van der Waals surface area contributed by atoms with Crippen molar-refractivity contribution in [2.24, 2.45) is 10.7 Å². The van der Waals surface area contributed by atoms with E-state index in [4.69, 9.17) is 10.2 Å². The Morgan fingerprint density at radius 2 is 2.35 bits per heavy atom. The van der Waals surface area contributed by atoms with Gasteiger partial charge < -0.3 is 15.5 Å². The van der Waals surface area contributed by atoms with Gasteiger partial charge >= 0.3 is 0 Å². The highest BCUT2D eigenvalue weighted by molar-refractivity contribution is 8.13. The highest BCUT2D eigenvalue weighted by Crippen LogP contribution is 2.37. The zero-order valence-corrected chi connectivity index (χ0v) is 13.2. The van der Waals surface area contributed by atoms with Crippen molar-refractivity contribution in [1.82, 2.24) is 4.98 Å². The van der Waals surface area contributed by atoms with E-state index in [-0.39, 0.29) is 11.5 Å². The Kier molecular flexibility index (Phi) is 4.08. The van der Waals surface area contributed by atoms with Gasteiger partial charge in [-0.15, -0.1) is 0 Å². The van der Waals surface area contributed by atoms with Gasteiger partial charge in [0.05, 0.1) is 5.54 Å². The number of halogens is 1. The van der Waals surface area contributed by atoms with Crippen molar-refractivity contribution in [1.29, 1.82) is 0 Å². The number of aromatic nitrogens is 1. The molecular formula is C15H15FN4O2S. The Labute approximate surface area is 136 Å². The first-order valence-corrected chi connectivity index (χ1v) is 7.94. The number of hydrogen-bond acceptors (Lipinski definition) is 6. The van der Waals surface area contributed by atoms with Crippen LogP contribution in [0.2, 0.25) is 0 Å². The van der Waals surface area contributed by atoms with Crippen LogP contribution in [0, 0.1) is 5.82 Å². The van der Waals surface area contributed by atoms with Crippen LogP contribution in [0.15, 0.2) is 40.3 Å². The molecule has 1 aromatic carbocycles. The first-order valence-electron chi connectivity index (χ1n) is 6.96. The third kappa shape index (κ3) is 3.21. The molecule has 2 heterocycles. The van der Waals surface area contributed by atoms with Gasteiger partial charge in [0.1, 0.15) is 12.1 Å². The number of carbonyl (C=O) groups excluding carboxylic acids is 1. The lowest BCUT2D eigenvalue weighted by Crippen LogP contribution is -2.29. The monoisotopic (exact) mass is 334 g/mol. The van der Waals surface area contributed by atoms with Crippen LogP contribution in [0.4, 0.5) is 10.1 Å². The summed E-state index contributed by atoms with van der Waals surface area (Å²) >= 11 is 1.45. The van der Waals surface area contributed by atoms with E-state index in [1.165, 1.54) is 36.6 Å². The van der Waals surface area contributed by atoms with Crippen LogP contribution < -0.4 is 11.1 Å². The van der Waals surface area contributed by atoms with E-state index in [0.29, 0.717) is 22.8 Å². The number of oxazole rings is 1.